The highest BCUT2D eigenvalue weighted by Crippen LogP contribution is 2.24. The number of ether oxygens (including phenoxy) is 2. The van der Waals surface area contributed by atoms with Gasteiger partial charge in [-0.05, 0) is 56.3 Å². The van der Waals surface area contributed by atoms with Crippen molar-refractivity contribution in [1.29, 1.82) is 0 Å². The molecule has 0 saturated heterocycles. The first kappa shape index (κ1) is 15.3. The molecule has 0 aliphatic heterocycles. The molecule has 0 bridgehead atoms. The third-order valence-corrected chi connectivity index (χ3v) is 3.21. The van der Waals surface area contributed by atoms with E-state index in [1.807, 2.05) is 43.4 Å². The van der Waals surface area contributed by atoms with Gasteiger partial charge in [-0.1, -0.05) is 6.92 Å². The summed E-state index contributed by atoms with van der Waals surface area (Å²) in [6.07, 6.45) is 2.76. The third kappa shape index (κ3) is 4.46. The van der Waals surface area contributed by atoms with Crippen LogP contribution < -0.4 is 14.8 Å². The molecule has 1 unspecified atom stereocenters. The number of rotatable bonds is 7. The van der Waals surface area contributed by atoms with Crippen LogP contribution in [-0.2, 0) is 0 Å². The molecule has 2 rings (SSSR count). The summed E-state index contributed by atoms with van der Waals surface area (Å²) < 4.78 is 11.3. The molecule has 0 radical (unpaired) electrons. The minimum absolute atomic E-state index is 0.264. The van der Waals surface area contributed by atoms with Crippen molar-refractivity contribution in [1.82, 2.24) is 10.3 Å². The Morgan fingerprint density at radius 3 is 2.52 bits per heavy atom. The van der Waals surface area contributed by atoms with Crippen LogP contribution in [0, 0.1) is 0 Å². The molecule has 1 aromatic carbocycles. The predicted octanol–water partition coefficient (Wildman–Crippen LogP) is 3.94. The number of hydrogen-bond acceptors (Lipinski definition) is 4. The second-order valence-corrected chi connectivity index (χ2v) is 4.86. The topological polar surface area (TPSA) is 43.4 Å². The summed E-state index contributed by atoms with van der Waals surface area (Å²) in [5.74, 6) is 2.20. The van der Waals surface area contributed by atoms with Crippen LogP contribution >= 0.6 is 0 Å². The smallest absolute Gasteiger partial charge is 0.219 e. The van der Waals surface area contributed by atoms with Crippen LogP contribution in [0.15, 0.2) is 42.6 Å². The van der Waals surface area contributed by atoms with Crippen molar-refractivity contribution < 1.29 is 9.47 Å². The van der Waals surface area contributed by atoms with Gasteiger partial charge in [0, 0.05) is 18.3 Å². The molecular weight excluding hydrogens is 264 g/mol. The second-order valence-electron chi connectivity index (χ2n) is 4.86. The van der Waals surface area contributed by atoms with Crippen LogP contribution in [0.5, 0.6) is 17.4 Å². The highest BCUT2D eigenvalue weighted by molar-refractivity contribution is 5.34. The van der Waals surface area contributed by atoms with E-state index in [4.69, 9.17) is 9.47 Å². The number of pyridine rings is 1. The van der Waals surface area contributed by atoms with E-state index >= 15 is 0 Å². The van der Waals surface area contributed by atoms with Crippen molar-refractivity contribution >= 4 is 0 Å². The van der Waals surface area contributed by atoms with Gasteiger partial charge in [0.05, 0.1) is 6.61 Å². The van der Waals surface area contributed by atoms with Gasteiger partial charge in [-0.25, -0.2) is 4.98 Å². The minimum atomic E-state index is 0.264. The molecule has 4 nitrogen and oxygen atoms in total. The molecule has 112 valence electrons. The lowest BCUT2D eigenvalue weighted by molar-refractivity contribution is 0.317. The maximum Gasteiger partial charge on any atom is 0.219 e. The molecule has 0 fully saturated rings. The lowest BCUT2D eigenvalue weighted by Gasteiger charge is -2.12. The van der Waals surface area contributed by atoms with Gasteiger partial charge >= 0.3 is 0 Å². The van der Waals surface area contributed by atoms with E-state index in [2.05, 4.69) is 24.1 Å². The van der Waals surface area contributed by atoms with Crippen LogP contribution in [0.3, 0.4) is 0 Å². The second kappa shape index (κ2) is 7.64. The Labute approximate surface area is 126 Å². The molecule has 4 heteroatoms. The van der Waals surface area contributed by atoms with E-state index in [1.165, 1.54) is 0 Å². The molecule has 21 heavy (non-hydrogen) atoms. The van der Waals surface area contributed by atoms with Gasteiger partial charge in [0.1, 0.15) is 11.5 Å². The molecule has 1 heterocycles. The lowest BCUT2D eigenvalue weighted by Crippen LogP contribution is -2.12. The molecule has 0 aliphatic rings. The molecule has 1 N–H and O–H groups in total. The third-order valence-electron chi connectivity index (χ3n) is 3.21. The van der Waals surface area contributed by atoms with Gasteiger partial charge in [0.2, 0.25) is 5.88 Å². The normalized spacial score (nSPS) is 12.0. The Bertz CT molecular complexity index is 555. The maximum atomic E-state index is 5.78. The summed E-state index contributed by atoms with van der Waals surface area (Å²) in [7, 11) is 1.93. The molecule has 1 aromatic heterocycles. The average Bonchev–Trinajstić information content (AvgIpc) is 2.53. The summed E-state index contributed by atoms with van der Waals surface area (Å²) in [6.45, 7) is 4.91. The van der Waals surface area contributed by atoms with Gasteiger partial charge in [-0.15, -0.1) is 0 Å². The Morgan fingerprint density at radius 1 is 1.14 bits per heavy atom. The van der Waals surface area contributed by atoms with Crippen LogP contribution in [0.25, 0.3) is 0 Å². The average molecular weight is 286 g/mol. The summed E-state index contributed by atoms with van der Waals surface area (Å²) >= 11 is 0. The lowest BCUT2D eigenvalue weighted by atomic mass is 10.1. The monoisotopic (exact) mass is 286 g/mol. The SMILES string of the molecule is CCCOc1ccc(Oc2cc(C(C)NC)ccn2)cc1. The van der Waals surface area contributed by atoms with E-state index in [0.29, 0.717) is 5.88 Å². The van der Waals surface area contributed by atoms with Crippen molar-refractivity contribution in [2.24, 2.45) is 0 Å². The standard InChI is InChI=1S/C17H22N2O2/c1-4-11-20-15-5-7-16(8-6-15)21-17-12-14(9-10-19-17)13(2)18-3/h5-10,12-13,18H,4,11H2,1-3H3. The highest BCUT2D eigenvalue weighted by Gasteiger charge is 2.05. The van der Waals surface area contributed by atoms with E-state index in [1.54, 1.807) is 6.20 Å². The molecule has 0 aliphatic carbocycles. The van der Waals surface area contributed by atoms with Gasteiger partial charge in [-0.3, -0.25) is 0 Å². The molecule has 2 aromatic rings. The summed E-state index contributed by atoms with van der Waals surface area (Å²) in [5.41, 5.74) is 1.14. The number of hydrogen-bond donors (Lipinski definition) is 1. The van der Waals surface area contributed by atoms with Crippen LogP contribution in [-0.4, -0.2) is 18.6 Å². The van der Waals surface area contributed by atoms with Crippen LogP contribution in [0.2, 0.25) is 0 Å². The zero-order valence-corrected chi connectivity index (χ0v) is 12.8. The van der Waals surface area contributed by atoms with Crippen molar-refractivity contribution in [2.75, 3.05) is 13.7 Å². The van der Waals surface area contributed by atoms with E-state index in [-0.39, 0.29) is 6.04 Å². The Morgan fingerprint density at radius 2 is 1.86 bits per heavy atom. The van der Waals surface area contributed by atoms with E-state index in [0.717, 1.165) is 30.1 Å². The number of nitrogens with one attached hydrogen (secondary N) is 1. The van der Waals surface area contributed by atoms with Crippen molar-refractivity contribution in [2.45, 2.75) is 26.3 Å². The first-order chi connectivity index (χ1) is 10.2. The van der Waals surface area contributed by atoms with Crippen LogP contribution in [0.4, 0.5) is 0 Å². The zero-order chi connectivity index (χ0) is 15.1. The first-order valence-electron chi connectivity index (χ1n) is 7.27. The van der Waals surface area contributed by atoms with Gasteiger partial charge in [-0.2, -0.15) is 0 Å². The molecule has 0 amide bonds. The number of nitrogens with zero attached hydrogens (tertiary/aromatic N) is 1. The molecule has 1 atom stereocenters. The quantitative estimate of drug-likeness (QED) is 0.837. The molecule has 0 saturated carbocycles. The molecular formula is C17H22N2O2. The first-order valence-corrected chi connectivity index (χ1v) is 7.27. The summed E-state index contributed by atoms with van der Waals surface area (Å²) in [6, 6.07) is 11.8. The fraction of sp³-hybridized carbons (Fsp3) is 0.353. The van der Waals surface area contributed by atoms with Crippen molar-refractivity contribution in [3.05, 3.63) is 48.2 Å². The predicted molar refractivity (Wildman–Crippen MR) is 84.0 cm³/mol. The van der Waals surface area contributed by atoms with Gasteiger partial charge < -0.3 is 14.8 Å². The number of benzene rings is 1. The maximum absolute atomic E-state index is 5.78. The van der Waals surface area contributed by atoms with E-state index < -0.39 is 0 Å². The number of aromatic nitrogens is 1. The van der Waals surface area contributed by atoms with Gasteiger partial charge in [0.25, 0.3) is 0 Å². The molecule has 0 spiro atoms. The fourth-order valence-corrected chi connectivity index (χ4v) is 1.86. The van der Waals surface area contributed by atoms with E-state index in [9.17, 15) is 0 Å². The fourth-order valence-electron chi connectivity index (χ4n) is 1.86. The summed E-state index contributed by atoms with van der Waals surface area (Å²) in [4.78, 5) is 4.24. The van der Waals surface area contributed by atoms with Crippen molar-refractivity contribution in [3.63, 3.8) is 0 Å². The zero-order valence-electron chi connectivity index (χ0n) is 12.8. The highest BCUT2D eigenvalue weighted by atomic mass is 16.5. The van der Waals surface area contributed by atoms with Gasteiger partial charge in [0.15, 0.2) is 0 Å². The largest absolute Gasteiger partial charge is 0.494 e. The Hall–Kier alpha value is -2.07. The van der Waals surface area contributed by atoms with Crippen molar-refractivity contribution in [3.8, 4) is 17.4 Å². The van der Waals surface area contributed by atoms with Crippen LogP contribution in [0.1, 0.15) is 31.9 Å². The Balaban J connectivity index is 2.04. The Kier molecular flexibility index (Phi) is 5.58. The summed E-state index contributed by atoms with van der Waals surface area (Å²) in [5, 5.41) is 3.20. The minimum Gasteiger partial charge on any atom is -0.494 e.